The molecule has 26 heavy (non-hydrogen) atoms. The van der Waals surface area contributed by atoms with Gasteiger partial charge in [-0.1, -0.05) is 0 Å². The molecule has 142 valence electrons. The molecular weight excluding hydrogens is 342 g/mol. The molecule has 2 N–H and O–H groups in total. The van der Waals surface area contributed by atoms with Crippen LogP contribution < -0.4 is 20.4 Å². The van der Waals surface area contributed by atoms with Crippen LogP contribution in [0.5, 0.6) is 11.5 Å². The van der Waals surface area contributed by atoms with E-state index in [0.29, 0.717) is 34.6 Å². The standard InChI is InChI=1S/C18H23NO7/c1-11-12-4-5-14(23-2)17(24-3)16(12)26-18(22)13(11)10-15(21)19-6-8-25-9-7-20/h4-5,20H,6-10H2,1-3H3,(H,19,21). The molecule has 0 bridgehead atoms. The second-order valence-corrected chi connectivity index (χ2v) is 5.53. The van der Waals surface area contributed by atoms with Crippen molar-refractivity contribution < 1.29 is 28.5 Å². The summed E-state index contributed by atoms with van der Waals surface area (Å²) in [6, 6.07) is 3.48. The Kier molecular flexibility index (Phi) is 6.99. The van der Waals surface area contributed by atoms with E-state index in [1.54, 1.807) is 19.1 Å². The molecule has 0 aliphatic heterocycles. The van der Waals surface area contributed by atoms with Crippen molar-refractivity contribution >= 4 is 16.9 Å². The van der Waals surface area contributed by atoms with Crippen molar-refractivity contribution in [2.24, 2.45) is 0 Å². The van der Waals surface area contributed by atoms with Crippen molar-refractivity contribution in [2.75, 3.05) is 40.6 Å². The van der Waals surface area contributed by atoms with Gasteiger partial charge in [-0.2, -0.15) is 0 Å². The minimum Gasteiger partial charge on any atom is -0.493 e. The summed E-state index contributed by atoms with van der Waals surface area (Å²) < 4.78 is 21.0. The lowest BCUT2D eigenvalue weighted by Gasteiger charge is -2.13. The number of nitrogens with one attached hydrogen (secondary N) is 1. The first-order valence-electron chi connectivity index (χ1n) is 8.16. The lowest BCUT2D eigenvalue weighted by molar-refractivity contribution is -0.120. The van der Waals surface area contributed by atoms with Gasteiger partial charge in [-0.15, -0.1) is 0 Å². The highest BCUT2D eigenvalue weighted by Gasteiger charge is 2.19. The Morgan fingerprint density at radius 3 is 2.65 bits per heavy atom. The molecule has 0 radical (unpaired) electrons. The molecule has 8 nitrogen and oxygen atoms in total. The Hall–Kier alpha value is -2.58. The number of carbonyl (C=O) groups is 1. The van der Waals surface area contributed by atoms with E-state index in [-0.39, 0.29) is 37.7 Å². The van der Waals surface area contributed by atoms with Crippen LogP contribution >= 0.6 is 0 Å². The van der Waals surface area contributed by atoms with E-state index in [0.717, 1.165) is 0 Å². The SMILES string of the molecule is COc1ccc2c(C)c(CC(=O)NCCOCCO)c(=O)oc2c1OC. The predicted molar refractivity (Wildman–Crippen MR) is 94.9 cm³/mol. The Labute approximate surface area is 150 Å². The summed E-state index contributed by atoms with van der Waals surface area (Å²) in [7, 11) is 2.96. The lowest BCUT2D eigenvalue weighted by Crippen LogP contribution is -2.30. The largest absolute Gasteiger partial charge is 0.493 e. The first-order valence-corrected chi connectivity index (χ1v) is 8.16. The average Bonchev–Trinajstić information content (AvgIpc) is 2.64. The second kappa shape index (κ2) is 9.21. The molecule has 0 aliphatic rings. The first kappa shape index (κ1) is 19.7. The fraction of sp³-hybridized carbons (Fsp3) is 0.444. The number of hydrogen-bond donors (Lipinski definition) is 2. The van der Waals surface area contributed by atoms with Crippen LogP contribution in [0, 0.1) is 6.92 Å². The molecule has 8 heteroatoms. The average molecular weight is 365 g/mol. The van der Waals surface area contributed by atoms with Crippen molar-refractivity contribution in [1.82, 2.24) is 5.32 Å². The van der Waals surface area contributed by atoms with Gasteiger partial charge in [-0.25, -0.2) is 4.79 Å². The van der Waals surface area contributed by atoms with E-state index >= 15 is 0 Å². The van der Waals surface area contributed by atoms with E-state index in [9.17, 15) is 9.59 Å². The van der Waals surface area contributed by atoms with E-state index < -0.39 is 5.63 Å². The maximum atomic E-state index is 12.4. The number of benzene rings is 1. The van der Waals surface area contributed by atoms with Crippen LogP contribution in [0.3, 0.4) is 0 Å². The van der Waals surface area contributed by atoms with E-state index in [1.807, 2.05) is 0 Å². The van der Waals surface area contributed by atoms with Crippen molar-refractivity contribution in [2.45, 2.75) is 13.3 Å². The van der Waals surface area contributed by atoms with Crippen LogP contribution in [0.15, 0.2) is 21.3 Å². The Balaban J connectivity index is 2.24. The van der Waals surface area contributed by atoms with Crippen molar-refractivity contribution in [1.29, 1.82) is 0 Å². The number of amides is 1. The summed E-state index contributed by atoms with van der Waals surface area (Å²) in [5.74, 6) is 0.478. The maximum absolute atomic E-state index is 12.4. The summed E-state index contributed by atoms with van der Waals surface area (Å²) in [5.41, 5.74) is 0.645. The van der Waals surface area contributed by atoms with Gasteiger partial charge in [0.25, 0.3) is 0 Å². The Morgan fingerprint density at radius 2 is 2.00 bits per heavy atom. The highest BCUT2D eigenvalue weighted by atomic mass is 16.5. The van der Waals surface area contributed by atoms with Gasteiger partial charge in [0.05, 0.1) is 46.0 Å². The summed E-state index contributed by atoms with van der Waals surface area (Å²) >= 11 is 0. The normalized spacial score (nSPS) is 10.8. The van der Waals surface area contributed by atoms with Crippen molar-refractivity contribution in [3.63, 3.8) is 0 Å². The third-order valence-electron chi connectivity index (χ3n) is 3.94. The van der Waals surface area contributed by atoms with Crippen LogP contribution in [0.4, 0.5) is 0 Å². The summed E-state index contributed by atoms with van der Waals surface area (Å²) in [6.45, 7) is 2.49. The minimum absolute atomic E-state index is 0.0699. The lowest BCUT2D eigenvalue weighted by atomic mass is 10.0. The molecule has 0 saturated carbocycles. The van der Waals surface area contributed by atoms with E-state index in [4.69, 9.17) is 23.7 Å². The number of aryl methyl sites for hydroxylation is 1. The number of methoxy groups -OCH3 is 2. The number of carbonyl (C=O) groups excluding carboxylic acids is 1. The molecule has 0 spiro atoms. The van der Waals surface area contributed by atoms with Gasteiger partial charge in [-0.05, 0) is 24.6 Å². The highest BCUT2D eigenvalue weighted by Crippen LogP contribution is 2.36. The Morgan fingerprint density at radius 1 is 1.23 bits per heavy atom. The van der Waals surface area contributed by atoms with Gasteiger partial charge in [0.2, 0.25) is 11.7 Å². The molecule has 0 aliphatic carbocycles. The highest BCUT2D eigenvalue weighted by molar-refractivity contribution is 5.89. The van der Waals surface area contributed by atoms with Gasteiger partial charge in [-0.3, -0.25) is 4.79 Å². The zero-order chi connectivity index (χ0) is 19.1. The zero-order valence-corrected chi connectivity index (χ0v) is 15.1. The van der Waals surface area contributed by atoms with Crippen LogP contribution in [-0.4, -0.2) is 51.6 Å². The molecule has 0 fully saturated rings. The first-order chi connectivity index (χ1) is 12.5. The molecular formula is C18H23NO7. The number of aliphatic hydroxyl groups is 1. The van der Waals surface area contributed by atoms with Crippen LogP contribution in [0.2, 0.25) is 0 Å². The molecule has 0 unspecified atom stereocenters. The van der Waals surface area contributed by atoms with Crippen LogP contribution in [-0.2, 0) is 16.0 Å². The van der Waals surface area contributed by atoms with E-state index in [2.05, 4.69) is 5.32 Å². The fourth-order valence-electron chi connectivity index (χ4n) is 2.62. The molecule has 1 aromatic heterocycles. The maximum Gasteiger partial charge on any atom is 0.340 e. The molecule has 0 atom stereocenters. The molecule has 1 aromatic carbocycles. The number of rotatable bonds is 9. The predicted octanol–water partition coefficient (Wildman–Crippen LogP) is 0.786. The van der Waals surface area contributed by atoms with Crippen LogP contribution in [0.1, 0.15) is 11.1 Å². The summed E-state index contributed by atoms with van der Waals surface area (Å²) in [6.07, 6.45) is -0.0988. The summed E-state index contributed by atoms with van der Waals surface area (Å²) in [4.78, 5) is 24.4. The topological polar surface area (TPSA) is 107 Å². The Bertz CT molecular complexity index is 828. The quantitative estimate of drug-likeness (QED) is 0.500. The third-order valence-corrected chi connectivity index (χ3v) is 3.94. The van der Waals surface area contributed by atoms with Crippen molar-refractivity contribution in [3.05, 3.63) is 33.7 Å². The van der Waals surface area contributed by atoms with Crippen molar-refractivity contribution in [3.8, 4) is 11.5 Å². The van der Waals surface area contributed by atoms with Gasteiger partial charge in [0, 0.05) is 11.9 Å². The number of aliphatic hydroxyl groups excluding tert-OH is 1. The third kappa shape index (κ3) is 4.33. The van der Waals surface area contributed by atoms with E-state index in [1.165, 1.54) is 14.2 Å². The minimum atomic E-state index is -0.590. The molecule has 2 aromatic rings. The van der Waals surface area contributed by atoms with Gasteiger partial charge >= 0.3 is 5.63 Å². The van der Waals surface area contributed by atoms with Crippen LogP contribution in [0.25, 0.3) is 11.0 Å². The molecule has 1 amide bonds. The number of ether oxygens (including phenoxy) is 3. The molecule has 0 saturated heterocycles. The fourth-order valence-corrected chi connectivity index (χ4v) is 2.62. The summed E-state index contributed by atoms with van der Waals surface area (Å²) in [5, 5.41) is 12.0. The van der Waals surface area contributed by atoms with Gasteiger partial charge in [0.1, 0.15) is 0 Å². The van der Waals surface area contributed by atoms with Gasteiger partial charge in [0.15, 0.2) is 11.3 Å². The molecule has 1 heterocycles. The molecule has 2 rings (SSSR count). The zero-order valence-electron chi connectivity index (χ0n) is 15.1. The second-order valence-electron chi connectivity index (χ2n) is 5.53. The van der Waals surface area contributed by atoms with Gasteiger partial charge < -0.3 is 29.1 Å². The number of fused-ring (bicyclic) bond motifs is 1. The smallest absolute Gasteiger partial charge is 0.340 e. The number of hydrogen-bond acceptors (Lipinski definition) is 7. The monoisotopic (exact) mass is 365 g/mol.